The maximum atomic E-state index is 11.3. The van der Waals surface area contributed by atoms with Crippen molar-refractivity contribution >= 4 is 22.7 Å². The number of ketones is 1. The van der Waals surface area contributed by atoms with Crippen molar-refractivity contribution in [2.75, 3.05) is 7.11 Å². The second-order valence-electron chi connectivity index (χ2n) is 3.08. The molecule has 0 fully saturated rings. The molecular formula is C10H8N2O4. The highest BCUT2D eigenvalue weighted by Crippen LogP contribution is 2.24. The summed E-state index contributed by atoms with van der Waals surface area (Å²) >= 11 is 0. The summed E-state index contributed by atoms with van der Waals surface area (Å²) < 4.78 is 4.98. The highest BCUT2D eigenvalue weighted by Gasteiger charge is 2.20. The Kier molecular flexibility index (Phi) is 2.32. The molecule has 2 aromatic rings. The van der Waals surface area contributed by atoms with Gasteiger partial charge in [0.1, 0.15) is 5.52 Å². The van der Waals surface area contributed by atoms with Crippen LogP contribution in [0.15, 0.2) is 18.5 Å². The van der Waals surface area contributed by atoms with Gasteiger partial charge in [0.15, 0.2) is 0 Å². The van der Waals surface area contributed by atoms with Crippen LogP contribution in [0, 0.1) is 0 Å². The fraction of sp³-hybridized carbons (Fsp3) is 0.100. The van der Waals surface area contributed by atoms with Gasteiger partial charge in [0, 0.05) is 17.8 Å². The van der Waals surface area contributed by atoms with Gasteiger partial charge in [-0.05, 0) is 6.07 Å². The van der Waals surface area contributed by atoms with E-state index in [4.69, 9.17) is 9.84 Å². The smallest absolute Gasteiger partial charge is 0.377 e. The Morgan fingerprint density at radius 2 is 2.25 bits per heavy atom. The zero-order valence-electron chi connectivity index (χ0n) is 8.35. The van der Waals surface area contributed by atoms with Gasteiger partial charge in [-0.1, -0.05) is 0 Å². The lowest BCUT2D eigenvalue weighted by atomic mass is 10.1. The molecule has 0 aliphatic carbocycles. The fourth-order valence-electron chi connectivity index (χ4n) is 1.49. The van der Waals surface area contributed by atoms with Crippen molar-refractivity contribution in [3.05, 3.63) is 24.0 Å². The molecule has 0 aliphatic rings. The van der Waals surface area contributed by atoms with Crippen LogP contribution in [0.4, 0.5) is 0 Å². The summed E-state index contributed by atoms with van der Waals surface area (Å²) in [6, 6.07) is 1.56. The van der Waals surface area contributed by atoms with Crippen molar-refractivity contribution in [1.82, 2.24) is 9.97 Å². The van der Waals surface area contributed by atoms with Gasteiger partial charge in [-0.15, -0.1) is 0 Å². The number of fused-ring (bicyclic) bond motifs is 1. The molecule has 2 aromatic heterocycles. The number of pyridine rings is 1. The Labute approximate surface area is 89.9 Å². The molecule has 2 rings (SSSR count). The van der Waals surface area contributed by atoms with Crippen LogP contribution in [0.2, 0.25) is 0 Å². The number of hydrogen-bond acceptors (Lipinski definition) is 4. The van der Waals surface area contributed by atoms with Crippen LogP contribution >= 0.6 is 0 Å². The number of nitrogens with zero attached hydrogens (tertiary/aromatic N) is 1. The van der Waals surface area contributed by atoms with Gasteiger partial charge in [-0.2, -0.15) is 0 Å². The minimum absolute atomic E-state index is 0.100. The van der Waals surface area contributed by atoms with E-state index in [-0.39, 0.29) is 5.56 Å². The van der Waals surface area contributed by atoms with E-state index in [9.17, 15) is 9.59 Å². The number of carboxylic acid groups (broad SMARTS) is 1. The lowest BCUT2D eigenvalue weighted by Crippen LogP contribution is -2.11. The van der Waals surface area contributed by atoms with E-state index < -0.39 is 11.8 Å². The number of Topliss-reactive ketones (excluding diaryl/α,β-unsaturated/α-hetero) is 1. The van der Waals surface area contributed by atoms with Crippen LogP contribution in [-0.2, 0) is 4.79 Å². The number of carbonyl (C=O) groups excluding carboxylic acids is 1. The lowest BCUT2D eigenvalue weighted by molar-refractivity contribution is -0.131. The number of H-pyrrole nitrogens is 1. The maximum Gasteiger partial charge on any atom is 0.377 e. The van der Waals surface area contributed by atoms with E-state index in [1.807, 2.05) is 0 Å². The lowest BCUT2D eigenvalue weighted by Gasteiger charge is -1.99. The highest BCUT2D eigenvalue weighted by molar-refractivity contribution is 6.42. The Hall–Kier alpha value is -2.37. The van der Waals surface area contributed by atoms with E-state index in [1.54, 1.807) is 6.07 Å². The summed E-state index contributed by atoms with van der Waals surface area (Å²) in [5, 5.41) is 9.11. The molecule has 0 unspecified atom stereocenters. The Bertz CT molecular complexity index is 573. The largest absolute Gasteiger partial charge is 0.479 e. The number of ether oxygens (including phenoxy) is 1. The number of carbonyl (C=O) groups is 2. The van der Waals surface area contributed by atoms with E-state index in [0.29, 0.717) is 16.8 Å². The second-order valence-corrected chi connectivity index (χ2v) is 3.08. The Morgan fingerprint density at radius 1 is 1.50 bits per heavy atom. The molecule has 2 heterocycles. The van der Waals surface area contributed by atoms with E-state index in [2.05, 4.69) is 9.97 Å². The van der Waals surface area contributed by atoms with Gasteiger partial charge in [0.05, 0.1) is 12.7 Å². The first-order valence-electron chi connectivity index (χ1n) is 4.43. The summed E-state index contributed by atoms with van der Waals surface area (Å²) in [6.45, 7) is 0. The van der Waals surface area contributed by atoms with Crippen molar-refractivity contribution in [1.29, 1.82) is 0 Å². The summed E-state index contributed by atoms with van der Waals surface area (Å²) in [7, 11) is 1.45. The first kappa shape index (κ1) is 10.2. The zero-order valence-corrected chi connectivity index (χ0v) is 8.35. The molecule has 0 amide bonds. The van der Waals surface area contributed by atoms with Crippen LogP contribution in [0.1, 0.15) is 10.4 Å². The first-order valence-corrected chi connectivity index (χ1v) is 4.43. The SMILES string of the molecule is COc1nccc2c(C(=O)C(=O)O)c[nH]c12. The highest BCUT2D eigenvalue weighted by atomic mass is 16.5. The van der Waals surface area contributed by atoms with E-state index >= 15 is 0 Å². The van der Waals surface area contributed by atoms with Gasteiger partial charge < -0.3 is 14.8 Å². The molecule has 0 aromatic carbocycles. The van der Waals surface area contributed by atoms with Crippen LogP contribution in [0.3, 0.4) is 0 Å². The third kappa shape index (κ3) is 1.40. The molecule has 16 heavy (non-hydrogen) atoms. The number of aliphatic carboxylic acids is 1. The van der Waals surface area contributed by atoms with Crippen molar-refractivity contribution in [2.24, 2.45) is 0 Å². The molecule has 0 saturated heterocycles. The molecule has 6 heteroatoms. The molecule has 0 radical (unpaired) electrons. The number of carboxylic acids is 1. The topological polar surface area (TPSA) is 92.3 Å². The Morgan fingerprint density at radius 3 is 2.88 bits per heavy atom. The number of methoxy groups -OCH3 is 1. The zero-order chi connectivity index (χ0) is 11.7. The number of aromatic amines is 1. The van der Waals surface area contributed by atoms with Gasteiger partial charge in [-0.25, -0.2) is 9.78 Å². The van der Waals surface area contributed by atoms with Crippen LogP contribution < -0.4 is 4.74 Å². The third-order valence-electron chi connectivity index (χ3n) is 2.20. The Balaban J connectivity index is 2.66. The van der Waals surface area contributed by atoms with Crippen LogP contribution in [0.25, 0.3) is 10.9 Å². The van der Waals surface area contributed by atoms with Gasteiger partial charge in [0.25, 0.3) is 5.78 Å². The number of hydrogen-bond donors (Lipinski definition) is 2. The summed E-state index contributed by atoms with van der Waals surface area (Å²) in [6.07, 6.45) is 2.79. The van der Waals surface area contributed by atoms with Crippen molar-refractivity contribution in [3.63, 3.8) is 0 Å². The molecule has 0 aliphatic heterocycles. The van der Waals surface area contributed by atoms with E-state index in [1.165, 1.54) is 19.5 Å². The number of aromatic nitrogens is 2. The van der Waals surface area contributed by atoms with Crippen molar-refractivity contribution in [3.8, 4) is 5.88 Å². The van der Waals surface area contributed by atoms with Crippen molar-refractivity contribution in [2.45, 2.75) is 0 Å². The predicted molar refractivity (Wildman–Crippen MR) is 54.6 cm³/mol. The minimum atomic E-state index is -1.49. The molecule has 0 saturated carbocycles. The average Bonchev–Trinajstić information content (AvgIpc) is 2.71. The van der Waals surface area contributed by atoms with E-state index in [0.717, 1.165) is 0 Å². The van der Waals surface area contributed by atoms with Gasteiger partial charge >= 0.3 is 5.97 Å². The standard InChI is InChI=1S/C10H8N2O4/c1-16-9-7-5(2-3-11-9)6(4-12-7)8(13)10(14)15/h2-4,12H,1H3,(H,14,15). The summed E-state index contributed by atoms with van der Waals surface area (Å²) in [5.74, 6) is -2.13. The molecular weight excluding hydrogens is 212 g/mol. The molecule has 0 atom stereocenters. The minimum Gasteiger partial charge on any atom is -0.479 e. The quantitative estimate of drug-likeness (QED) is 0.590. The molecule has 0 spiro atoms. The second kappa shape index (κ2) is 3.65. The third-order valence-corrected chi connectivity index (χ3v) is 2.20. The average molecular weight is 220 g/mol. The monoisotopic (exact) mass is 220 g/mol. The van der Waals surface area contributed by atoms with Gasteiger partial charge in [-0.3, -0.25) is 4.79 Å². The summed E-state index contributed by atoms with van der Waals surface area (Å²) in [5.41, 5.74) is 0.609. The first-order chi connectivity index (χ1) is 7.65. The normalized spacial score (nSPS) is 10.3. The fourth-order valence-corrected chi connectivity index (χ4v) is 1.49. The number of nitrogens with one attached hydrogen (secondary N) is 1. The maximum absolute atomic E-state index is 11.3. The summed E-state index contributed by atoms with van der Waals surface area (Å²) in [4.78, 5) is 28.6. The van der Waals surface area contributed by atoms with Crippen LogP contribution in [0.5, 0.6) is 5.88 Å². The molecule has 82 valence electrons. The van der Waals surface area contributed by atoms with Crippen molar-refractivity contribution < 1.29 is 19.4 Å². The molecule has 6 nitrogen and oxygen atoms in total. The molecule has 0 bridgehead atoms. The number of rotatable bonds is 3. The predicted octanol–water partition coefficient (Wildman–Crippen LogP) is 0.839. The molecule has 2 N–H and O–H groups in total. The van der Waals surface area contributed by atoms with Crippen LogP contribution in [-0.4, -0.2) is 33.9 Å². The van der Waals surface area contributed by atoms with Gasteiger partial charge in [0.2, 0.25) is 5.88 Å².